The number of benzene rings is 2. The maximum absolute atomic E-state index is 14.5. The predicted molar refractivity (Wildman–Crippen MR) is 126 cm³/mol. The number of halogens is 4. The van der Waals surface area contributed by atoms with E-state index in [1.54, 1.807) is 20.8 Å². The minimum Gasteiger partial charge on any atom is -0.443 e. The van der Waals surface area contributed by atoms with Crippen molar-refractivity contribution in [3.63, 3.8) is 0 Å². The molecule has 32 heavy (non-hydrogen) atoms. The van der Waals surface area contributed by atoms with Crippen LogP contribution < -0.4 is 5.73 Å². The van der Waals surface area contributed by atoms with Crippen molar-refractivity contribution < 1.29 is 18.3 Å². The second-order valence-corrected chi connectivity index (χ2v) is 8.54. The highest BCUT2D eigenvalue weighted by atomic mass is 35.5. The zero-order valence-corrected chi connectivity index (χ0v) is 20.2. The Kier molecular flexibility index (Phi) is 9.21. The van der Waals surface area contributed by atoms with Crippen LogP contribution in [0.2, 0.25) is 0 Å². The molecular weight excluding hydrogens is 459 g/mol. The number of nitrogens with two attached hydrogens (primary N) is 1. The molecule has 2 aromatic rings. The molecule has 0 aliphatic carbocycles. The number of hydrogen-bond acceptors (Lipinski definition) is 4. The quantitative estimate of drug-likeness (QED) is 0.623. The zero-order valence-electron chi connectivity index (χ0n) is 18.5. The third kappa shape index (κ3) is 5.39. The fourth-order valence-corrected chi connectivity index (χ4v) is 3.40. The van der Waals surface area contributed by atoms with Gasteiger partial charge in [0.15, 0.2) is 0 Å². The van der Waals surface area contributed by atoms with E-state index in [0.717, 1.165) is 23.8 Å². The summed E-state index contributed by atoms with van der Waals surface area (Å²) in [7, 11) is 0. The summed E-state index contributed by atoms with van der Waals surface area (Å²) in [4.78, 5) is 13.4. The smallest absolute Gasteiger partial charge is 0.251 e. The summed E-state index contributed by atoms with van der Waals surface area (Å²) in [5.74, 6) is -1.74. The van der Waals surface area contributed by atoms with Gasteiger partial charge in [0, 0.05) is 17.4 Å². The molecule has 1 amide bonds. The van der Waals surface area contributed by atoms with Crippen molar-refractivity contribution in [1.82, 2.24) is 5.01 Å². The van der Waals surface area contributed by atoms with E-state index >= 15 is 0 Å². The maximum Gasteiger partial charge on any atom is 0.251 e. The summed E-state index contributed by atoms with van der Waals surface area (Å²) in [5.41, 5.74) is 5.22. The Bertz CT molecular complexity index is 995. The molecule has 0 saturated carbocycles. The summed E-state index contributed by atoms with van der Waals surface area (Å²) in [5, 5.41) is 5.64. The second kappa shape index (κ2) is 10.6. The van der Waals surface area contributed by atoms with Gasteiger partial charge >= 0.3 is 0 Å². The van der Waals surface area contributed by atoms with Crippen LogP contribution in [0.3, 0.4) is 0 Å². The van der Waals surface area contributed by atoms with Gasteiger partial charge in [0.2, 0.25) is 11.6 Å². The van der Waals surface area contributed by atoms with Gasteiger partial charge < -0.3 is 10.5 Å². The third-order valence-corrected chi connectivity index (χ3v) is 4.98. The van der Waals surface area contributed by atoms with Gasteiger partial charge in [-0.2, -0.15) is 5.01 Å². The van der Waals surface area contributed by atoms with Crippen LogP contribution in [0.25, 0.3) is 0 Å². The molecule has 0 bridgehead atoms. The molecule has 0 fully saturated rings. The number of hydrogen-bond donors (Lipinski definition) is 1. The lowest BCUT2D eigenvalue weighted by Crippen LogP contribution is -2.49. The summed E-state index contributed by atoms with van der Waals surface area (Å²) < 4.78 is 34.6. The molecule has 1 aliphatic rings. The van der Waals surface area contributed by atoms with E-state index in [1.807, 2.05) is 31.2 Å². The van der Waals surface area contributed by atoms with Gasteiger partial charge in [0.05, 0.1) is 5.56 Å². The molecule has 1 heterocycles. The third-order valence-electron chi connectivity index (χ3n) is 4.98. The number of ether oxygens (including phenoxy) is 1. The first-order chi connectivity index (χ1) is 14.1. The van der Waals surface area contributed by atoms with Gasteiger partial charge in [0.25, 0.3) is 5.91 Å². The van der Waals surface area contributed by atoms with Gasteiger partial charge in [-0.15, -0.1) is 29.9 Å². The van der Waals surface area contributed by atoms with Crippen LogP contribution in [0, 0.1) is 24.0 Å². The Hall–Kier alpha value is -2.22. The lowest BCUT2D eigenvalue weighted by atomic mass is 9.90. The Balaban J connectivity index is 0.00000256. The minimum atomic E-state index is -1.30. The number of nitrogens with zero attached hydrogens (tertiary/aromatic N) is 2. The summed E-state index contributed by atoms with van der Waals surface area (Å²) >= 11 is 0. The Morgan fingerprint density at radius 3 is 2.44 bits per heavy atom. The molecule has 0 radical (unpaired) electrons. The SMILES string of the molecule is Cc1cccc(C2(CCCN)OC(c3cc(F)ccc3F)=NN2C(=O)C(C)(C)C)c1.Cl.Cl. The Morgan fingerprint density at radius 2 is 1.84 bits per heavy atom. The van der Waals surface area contributed by atoms with Crippen LogP contribution in [0.4, 0.5) is 8.78 Å². The van der Waals surface area contributed by atoms with E-state index in [9.17, 15) is 13.6 Å². The molecule has 2 aromatic carbocycles. The van der Waals surface area contributed by atoms with Crippen LogP contribution >= 0.6 is 24.8 Å². The number of carbonyl (C=O) groups is 1. The van der Waals surface area contributed by atoms with Crippen LogP contribution in [-0.4, -0.2) is 23.4 Å². The van der Waals surface area contributed by atoms with Gasteiger partial charge in [-0.25, -0.2) is 8.78 Å². The lowest BCUT2D eigenvalue weighted by molar-refractivity contribution is -0.161. The molecule has 0 spiro atoms. The van der Waals surface area contributed by atoms with Crippen molar-refractivity contribution in [3.05, 3.63) is 70.8 Å². The predicted octanol–water partition coefficient (Wildman–Crippen LogP) is 5.28. The van der Waals surface area contributed by atoms with Gasteiger partial charge in [-0.05, 0) is 38.1 Å². The number of hydrazone groups is 1. The highest BCUT2D eigenvalue weighted by molar-refractivity contribution is 5.97. The highest BCUT2D eigenvalue weighted by Gasteiger charge is 2.51. The summed E-state index contributed by atoms with van der Waals surface area (Å²) in [6.07, 6.45) is 0.884. The first-order valence-electron chi connectivity index (χ1n) is 9.93. The summed E-state index contributed by atoms with van der Waals surface area (Å²) in [6.45, 7) is 7.62. The molecule has 1 unspecified atom stereocenters. The molecule has 9 heteroatoms. The van der Waals surface area contributed by atoms with E-state index in [-0.39, 0.29) is 42.2 Å². The van der Waals surface area contributed by atoms with Gasteiger partial charge in [0.1, 0.15) is 11.6 Å². The van der Waals surface area contributed by atoms with E-state index in [1.165, 1.54) is 5.01 Å². The van der Waals surface area contributed by atoms with Gasteiger partial charge in [-0.1, -0.05) is 50.6 Å². The van der Waals surface area contributed by atoms with E-state index < -0.39 is 22.8 Å². The maximum atomic E-state index is 14.5. The monoisotopic (exact) mass is 487 g/mol. The summed E-state index contributed by atoms with van der Waals surface area (Å²) in [6, 6.07) is 10.6. The number of amides is 1. The molecule has 1 aliphatic heterocycles. The first kappa shape index (κ1) is 27.8. The fourth-order valence-electron chi connectivity index (χ4n) is 3.40. The normalized spacial score (nSPS) is 17.7. The van der Waals surface area contributed by atoms with Crippen LogP contribution in [-0.2, 0) is 15.3 Å². The van der Waals surface area contributed by atoms with Crippen LogP contribution in [0.15, 0.2) is 47.6 Å². The number of rotatable bonds is 5. The second-order valence-electron chi connectivity index (χ2n) is 8.54. The lowest BCUT2D eigenvalue weighted by Gasteiger charge is -2.38. The number of aryl methyl sites for hydroxylation is 1. The molecule has 2 N–H and O–H groups in total. The van der Waals surface area contributed by atoms with E-state index in [2.05, 4.69) is 5.10 Å². The van der Waals surface area contributed by atoms with Gasteiger partial charge in [-0.3, -0.25) is 4.79 Å². The molecule has 3 rings (SSSR count). The fraction of sp³-hybridized carbons (Fsp3) is 0.391. The molecule has 5 nitrogen and oxygen atoms in total. The average molecular weight is 488 g/mol. The topological polar surface area (TPSA) is 67.9 Å². The average Bonchev–Trinajstić information content (AvgIpc) is 3.07. The van der Waals surface area contributed by atoms with E-state index in [4.69, 9.17) is 10.5 Å². The zero-order chi connectivity index (χ0) is 22.1. The van der Waals surface area contributed by atoms with Crippen LogP contribution in [0.1, 0.15) is 50.3 Å². The molecule has 0 aromatic heterocycles. The highest BCUT2D eigenvalue weighted by Crippen LogP contribution is 2.43. The molecule has 176 valence electrons. The Morgan fingerprint density at radius 1 is 1.16 bits per heavy atom. The van der Waals surface area contributed by atoms with Crippen molar-refractivity contribution in [2.45, 2.75) is 46.3 Å². The van der Waals surface area contributed by atoms with Crippen molar-refractivity contribution in [2.75, 3.05) is 6.54 Å². The van der Waals surface area contributed by atoms with Crippen molar-refractivity contribution in [3.8, 4) is 0 Å². The largest absolute Gasteiger partial charge is 0.443 e. The van der Waals surface area contributed by atoms with Crippen molar-refractivity contribution >= 4 is 36.6 Å². The van der Waals surface area contributed by atoms with Crippen LogP contribution in [0.5, 0.6) is 0 Å². The molecule has 0 saturated heterocycles. The van der Waals surface area contributed by atoms with E-state index in [0.29, 0.717) is 24.9 Å². The van der Waals surface area contributed by atoms with Crippen molar-refractivity contribution in [1.29, 1.82) is 0 Å². The Labute approximate surface area is 199 Å². The van der Waals surface area contributed by atoms with Crippen molar-refractivity contribution in [2.24, 2.45) is 16.3 Å². The molecule has 1 atom stereocenters. The number of carbonyl (C=O) groups excluding carboxylic acids is 1. The molecular formula is C23H29Cl2F2N3O2. The first-order valence-corrected chi connectivity index (χ1v) is 9.93. The minimum absolute atomic E-state index is 0. The standard InChI is InChI=1S/C23H27F2N3O2.2ClH/c1-15-7-5-8-16(13-15)23(11-6-12-26)28(21(29)22(2,3)4)27-20(30-23)18-14-17(24)9-10-19(18)25;;/h5,7-10,13-14H,6,11-12,26H2,1-4H3;2*1H.